The Labute approximate surface area is 185 Å². The Kier molecular flexibility index (Phi) is 4.13. The molecule has 32 heavy (non-hydrogen) atoms. The Bertz CT molecular complexity index is 1280. The van der Waals surface area contributed by atoms with E-state index in [4.69, 9.17) is 9.47 Å². The molecule has 1 N–H and O–H groups in total. The third-order valence-corrected chi connectivity index (χ3v) is 7.48. The number of hydrogen-bond acceptors (Lipinski definition) is 3. The maximum atomic E-state index is 14.5. The minimum Gasteiger partial charge on any atom is -0.496 e. The molecule has 3 aliphatic rings. The lowest BCUT2D eigenvalue weighted by molar-refractivity contribution is -0.139. The number of benzene rings is 3. The van der Waals surface area contributed by atoms with Crippen LogP contribution in [0.4, 0.5) is 4.39 Å². The minimum absolute atomic E-state index is 0.191. The van der Waals surface area contributed by atoms with E-state index in [0.29, 0.717) is 24.3 Å². The van der Waals surface area contributed by atoms with E-state index in [0.717, 1.165) is 52.8 Å². The van der Waals surface area contributed by atoms with E-state index in [1.54, 1.807) is 13.2 Å². The number of hydrogen-bond donors (Lipinski definition) is 1. The van der Waals surface area contributed by atoms with Crippen molar-refractivity contribution in [2.45, 2.75) is 37.7 Å². The van der Waals surface area contributed by atoms with Gasteiger partial charge in [-0.05, 0) is 71.3 Å². The van der Waals surface area contributed by atoms with E-state index in [1.807, 2.05) is 24.3 Å². The molecule has 0 bridgehead atoms. The van der Waals surface area contributed by atoms with E-state index in [-0.39, 0.29) is 17.2 Å². The van der Waals surface area contributed by atoms with Crippen LogP contribution in [0.3, 0.4) is 0 Å². The van der Waals surface area contributed by atoms with Crippen LogP contribution in [0.25, 0.3) is 11.1 Å². The summed E-state index contributed by atoms with van der Waals surface area (Å²) in [7, 11) is 1.61. The number of rotatable bonds is 5. The summed E-state index contributed by atoms with van der Waals surface area (Å²) in [6.45, 7) is 0.400. The highest BCUT2D eigenvalue weighted by Gasteiger charge is 2.61. The second-order valence-electron chi connectivity index (χ2n) is 9.13. The Balaban J connectivity index is 1.22. The number of fused-ring (bicyclic) bond motifs is 5. The molecule has 0 unspecified atom stereocenters. The van der Waals surface area contributed by atoms with Gasteiger partial charge < -0.3 is 14.6 Å². The Morgan fingerprint density at radius 2 is 2.03 bits per heavy atom. The minimum atomic E-state index is -0.698. The normalized spacial score (nSPS) is 21.8. The number of carboxylic acids is 1. The van der Waals surface area contributed by atoms with Crippen LogP contribution >= 0.6 is 0 Å². The maximum absolute atomic E-state index is 14.5. The quantitative estimate of drug-likeness (QED) is 0.469. The molecule has 0 heterocycles. The van der Waals surface area contributed by atoms with Gasteiger partial charge >= 0.3 is 5.97 Å². The van der Waals surface area contributed by atoms with Gasteiger partial charge in [-0.25, -0.2) is 4.39 Å². The predicted octanol–water partition coefficient (Wildman–Crippen LogP) is 5.27. The number of methoxy groups -OCH3 is 1. The molecule has 0 aliphatic heterocycles. The SMILES string of the molecule is COc1ccc(F)c2c1Cc1cc(COc3ccc4c(c3)[C@]3(CC4)C[C@H]3C(=O)O)ccc1-2. The van der Waals surface area contributed by atoms with E-state index in [2.05, 4.69) is 12.1 Å². The fourth-order valence-electron chi connectivity index (χ4n) is 5.76. The highest BCUT2D eigenvalue weighted by molar-refractivity contribution is 5.80. The smallest absolute Gasteiger partial charge is 0.307 e. The summed E-state index contributed by atoms with van der Waals surface area (Å²) in [4.78, 5) is 11.5. The number of aryl methyl sites for hydroxylation is 1. The van der Waals surface area contributed by atoms with Crippen LogP contribution in [0, 0.1) is 11.7 Å². The number of carboxylic acid groups (broad SMARTS) is 1. The van der Waals surface area contributed by atoms with Crippen LogP contribution in [-0.2, 0) is 29.7 Å². The van der Waals surface area contributed by atoms with Crippen molar-refractivity contribution in [3.05, 3.63) is 82.2 Å². The van der Waals surface area contributed by atoms with E-state index in [9.17, 15) is 14.3 Å². The van der Waals surface area contributed by atoms with Gasteiger partial charge in [-0.1, -0.05) is 24.3 Å². The number of halogens is 1. The summed E-state index contributed by atoms with van der Waals surface area (Å²) in [5.74, 6) is 0.279. The first-order valence-corrected chi connectivity index (χ1v) is 11.0. The Morgan fingerprint density at radius 1 is 1.16 bits per heavy atom. The monoisotopic (exact) mass is 430 g/mol. The lowest BCUT2D eigenvalue weighted by Gasteiger charge is -2.13. The third kappa shape index (κ3) is 2.77. The van der Waals surface area contributed by atoms with Crippen LogP contribution in [0.2, 0.25) is 0 Å². The molecule has 1 saturated carbocycles. The topological polar surface area (TPSA) is 55.8 Å². The number of carbonyl (C=O) groups is 1. The molecule has 3 aliphatic carbocycles. The molecule has 1 fully saturated rings. The van der Waals surface area contributed by atoms with Crippen molar-refractivity contribution in [3.8, 4) is 22.6 Å². The highest BCUT2D eigenvalue weighted by atomic mass is 19.1. The van der Waals surface area contributed by atoms with Gasteiger partial charge in [0.15, 0.2) is 0 Å². The summed E-state index contributed by atoms with van der Waals surface area (Å²) in [5.41, 5.74) is 6.72. The first kappa shape index (κ1) is 19.4. The fourth-order valence-corrected chi connectivity index (χ4v) is 5.76. The number of ether oxygens (including phenoxy) is 2. The van der Waals surface area contributed by atoms with E-state index in [1.165, 1.54) is 11.6 Å². The van der Waals surface area contributed by atoms with Crippen molar-refractivity contribution < 1.29 is 23.8 Å². The van der Waals surface area contributed by atoms with Crippen molar-refractivity contribution in [2.75, 3.05) is 7.11 Å². The predicted molar refractivity (Wildman–Crippen MR) is 118 cm³/mol. The van der Waals surface area contributed by atoms with Gasteiger partial charge in [0.25, 0.3) is 0 Å². The van der Waals surface area contributed by atoms with Gasteiger partial charge in [0, 0.05) is 23.0 Å². The second kappa shape index (κ2) is 6.83. The molecule has 0 aromatic heterocycles. The third-order valence-electron chi connectivity index (χ3n) is 7.48. The summed E-state index contributed by atoms with van der Waals surface area (Å²) < 4.78 is 26.0. The molecular weight excluding hydrogens is 407 g/mol. The lowest BCUT2D eigenvalue weighted by atomic mass is 9.95. The second-order valence-corrected chi connectivity index (χ2v) is 9.13. The van der Waals surface area contributed by atoms with Crippen molar-refractivity contribution >= 4 is 5.97 Å². The zero-order valence-corrected chi connectivity index (χ0v) is 17.8. The standard InChI is InChI=1S/C27H23FO4/c1-31-24-7-6-23(28)25-19-5-2-15(10-17(19)11-20(24)25)14-32-18-4-3-16-8-9-27(21(16)12-18)13-22(27)26(29)30/h2-7,10,12,22H,8-9,11,13-14H2,1H3,(H,29,30)/t22-,27-/m0/s1. The first-order chi connectivity index (χ1) is 15.5. The molecule has 5 heteroatoms. The van der Waals surface area contributed by atoms with Crippen molar-refractivity contribution in [3.63, 3.8) is 0 Å². The molecule has 2 atom stereocenters. The van der Waals surface area contributed by atoms with Crippen molar-refractivity contribution in [1.29, 1.82) is 0 Å². The average Bonchev–Trinajstić information content (AvgIpc) is 3.25. The summed E-state index contributed by atoms with van der Waals surface area (Å²) >= 11 is 0. The molecule has 3 aromatic carbocycles. The van der Waals surface area contributed by atoms with Crippen LogP contribution in [0.5, 0.6) is 11.5 Å². The molecule has 0 amide bonds. The van der Waals surface area contributed by atoms with Crippen LogP contribution < -0.4 is 9.47 Å². The van der Waals surface area contributed by atoms with Crippen molar-refractivity contribution in [2.24, 2.45) is 5.92 Å². The summed E-state index contributed by atoms with van der Waals surface area (Å²) in [6.07, 6.45) is 3.21. The average molecular weight is 430 g/mol. The van der Waals surface area contributed by atoms with E-state index < -0.39 is 5.97 Å². The van der Waals surface area contributed by atoms with E-state index >= 15 is 0 Å². The van der Waals surface area contributed by atoms with Crippen LogP contribution in [0.15, 0.2) is 48.5 Å². The number of aliphatic carboxylic acids is 1. The molecule has 0 radical (unpaired) electrons. The van der Waals surface area contributed by atoms with Gasteiger partial charge in [0.05, 0.1) is 13.0 Å². The molecule has 3 aromatic rings. The van der Waals surface area contributed by atoms with Gasteiger partial charge in [-0.15, -0.1) is 0 Å². The Hall–Kier alpha value is -3.34. The summed E-state index contributed by atoms with van der Waals surface area (Å²) in [6, 6.07) is 15.2. The zero-order chi connectivity index (χ0) is 22.0. The molecule has 6 rings (SSSR count). The van der Waals surface area contributed by atoms with Crippen molar-refractivity contribution in [1.82, 2.24) is 0 Å². The molecule has 4 nitrogen and oxygen atoms in total. The molecule has 162 valence electrons. The first-order valence-electron chi connectivity index (χ1n) is 11.0. The zero-order valence-electron chi connectivity index (χ0n) is 17.8. The van der Waals surface area contributed by atoms with Gasteiger partial charge in [0.1, 0.15) is 23.9 Å². The van der Waals surface area contributed by atoms with Gasteiger partial charge in [-0.3, -0.25) is 4.79 Å². The van der Waals surface area contributed by atoms with Crippen LogP contribution in [-0.4, -0.2) is 18.2 Å². The fraction of sp³-hybridized carbons (Fsp3) is 0.296. The van der Waals surface area contributed by atoms with Crippen LogP contribution in [0.1, 0.15) is 40.7 Å². The molecular formula is C27H23FO4. The molecule has 1 spiro atoms. The van der Waals surface area contributed by atoms with Gasteiger partial charge in [-0.2, -0.15) is 0 Å². The van der Waals surface area contributed by atoms with Gasteiger partial charge in [0.2, 0.25) is 0 Å². The lowest BCUT2D eigenvalue weighted by Crippen LogP contribution is -2.11. The molecule has 0 saturated heterocycles. The summed E-state index contributed by atoms with van der Waals surface area (Å²) in [5, 5.41) is 9.46. The maximum Gasteiger partial charge on any atom is 0.307 e. The highest BCUT2D eigenvalue weighted by Crippen LogP contribution is 2.62. The Morgan fingerprint density at radius 3 is 2.81 bits per heavy atom. The largest absolute Gasteiger partial charge is 0.496 e.